The molecular weight excluding hydrogens is 526 g/mol. The van der Waals surface area contributed by atoms with E-state index in [1.165, 1.54) is 12.1 Å². The highest BCUT2D eigenvalue weighted by atomic mass is 19.4. The number of piperidine rings is 1. The van der Waals surface area contributed by atoms with E-state index in [4.69, 9.17) is 0 Å². The van der Waals surface area contributed by atoms with Crippen molar-refractivity contribution >= 4 is 22.9 Å². The topological polar surface area (TPSA) is 65.0 Å². The van der Waals surface area contributed by atoms with E-state index in [2.05, 4.69) is 15.4 Å². The third-order valence-electron chi connectivity index (χ3n) is 7.11. The Morgan fingerprint density at radius 2 is 1.72 bits per heavy atom. The number of carbonyl (C=O) groups excluding carboxylic acids is 1. The Morgan fingerprint density at radius 3 is 2.33 bits per heavy atom. The number of hydrogen-bond acceptors (Lipinski definition) is 5. The lowest BCUT2D eigenvalue weighted by molar-refractivity contribution is -0.138. The van der Waals surface area contributed by atoms with E-state index in [1.54, 1.807) is 11.0 Å². The average Bonchev–Trinajstić information content (AvgIpc) is 2.91. The molecule has 12 heteroatoms. The fourth-order valence-corrected chi connectivity index (χ4v) is 4.93. The van der Waals surface area contributed by atoms with E-state index >= 15 is 0 Å². The van der Waals surface area contributed by atoms with E-state index in [1.807, 2.05) is 6.08 Å². The number of nitrogens with zero attached hydrogens (tertiary/aromatic N) is 3. The standard InChI is InChI=1S/C27H28F6N4O2/c28-26(29,30)20-3-1-2-19(16-20)18-6-11-36(12-7-18)13-10-25(38)37-14-8-21(9-15-37)34-22-4-5-24(35-39)23(17-22)27(31,32)33/h1-6,16-17,21,34H,7-15H2. The normalized spacial score (nSPS) is 17.6. The molecule has 1 fully saturated rings. The van der Waals surface area contributed by atoms with Gasteiger partial charge in [0.25, 0.3) is 0 Å². The number of nitrogens with one attached hydrogen (secondary N) is 1. The van der Waals surface area contributed by atoms with Gasteiger partial charge in [-0.2, -0.15) is 26.3 Å². The van der Waals surface area contributed by atoms with Crippen molar-refractivity contribution in [1.29, 1.82) is 0 Å². The number of benzene rings is 2. The van der Waals surface area contributed by atoms with Crippen LogP contribution < -0.4 is 5.32 Å². The number of likely N-dealkylation sites (tertiary alicyclic amines) is 1. The lowest BCUT2D eigenvalue weighted by atomic mass is 9.97. The second kappa shape index (κ2) is 11.8. The molecule has 0 unspecified atom stereocenters. The third kappa shape index (κ3) is 7.37. The molecule has 2 aromatic carbocycles. The minimum absolute atomic E-state index is 0.0122. The molecule has 1 saturated heterocycles. The summed E-state index contributed by atoms with van der Waals surface area (Å²) in [6, 6.07) is 8.47. The van der Waals surface area contributed by atoms with Gasteiger partial charge in [-0.1, -0.05) is 18.2 Å². The predicted octanol–water partition coefficient (Wildman–Crippen LogP) is 6.70. The summed E-state index contributed by atoms with van der Waals surface area (Å²) in [4.78, 5) is 27.3. The van der Waals surface area contributed by atoms with Crippen LogP contribution in [0.4, 0.5) is 37.7 Å². The van der Waals surface area contributed by atoms with Gasteiger partial charge in [0.2, 0.25) is 5.91 Å². The first kappa shape index (κ1) is 28.6. The number of rotatable bonds is 7. The predicted molar refractivity (Wildman–Crippen MR) is 135 cm³/mol. The number of anilines is 1. The van der Waals surface area contributed by atoms with Crippen LogP contribution in [0, 0.1) is 4.91 Å². The Labute approximate surface area is 221 Å². The molecule has 2 heterocycles. The molecule has 210 valence electrons. The van der Waals surface area contributed by atoms with Crippen LogP contribution in [0.5, 0.6) is 0 Å². The van der Waals surface area contributed by atoms with Crippen molar-refractivity contribution in [3.8, 4) is 0 Å². The summed E-state index contributed by atoms with van der Waals surface area (Å²) in [5.74, 6) is -0.0122. The van der Waals surface area contributed by atoms with E-state index in [-0.39, 0.29) is 17.6 Å². The molecule has 0 radical (unpaired) electrons. The molecule has 1 amide bonds. The zero-order valence-electron chi connectivity index (χ0n) is 21.0. The summed E-state index contributed by atoms with van der Waals surface area (Å²) >= 11 is 0. The largest absolute Gasteiger partial charge is 0.418 e. The number of halogens is 6. The fraction of sp³-hybridized carbons (Fsp3) is 0.444. The lowest BCUT2D eigenvalue weighted by Crippen LogP contribution is -2.43. The lowest BCUT2D eigenvalue weighted by Gasteiger charge is -2.34. The fourth-order valence-electron chi connectivity index (χ4n) is 4.93. The van der Waals surface area contributed by atoms with Gasteiger partial charge in [-0.15, -0.1) is 4.91 Å². The molecule has 6 nitrogen and oxygen atoms in total. The van der Waals surface area contributed by atoms with Crippen LogP contribution in [-0.4, -0.2) is 54.5 Å². The van der Waals surface area contributed by atoms with Gasteiger partial charge in [0.15, 0.2) is 0 Å². The minimum atomic E-state index is -4.69. The second-order valence-electron chi connectivity index (χ2n) is 9.73. The maximum Gasteiger partial charge on any atom is 0.418 e. The molecule has 0 aliphatic carbocycles. The van der Waals surface area contributed by atoms with Gasteiger partial charge in [-0.05, 0) is 65.9 Å². The first-order chi connectivity index (χ1) is 18.4. The average molecular weight is 555 g/mol. The van der Waals surface area contributed by atoms with Crippen molar-refractivity contribution in [1.82, 2.24) is 9.80 Å². The highest BCUT2D eigenvalue weighted by Crippen LogP contribution is 2.38. The highest BCUT2D eigenvalue weighted by Gasteiger charge is 2.35. The number of alkyl halides is 6. The number of hydrogen-bond donors (Lipinski definition) is 1. The summed E-state index contributed by atoms with van der Waals surface area (Å²) in [7, 11) is 0. The molecule has 4 rings (SSSR count). The number of nitroso groups, excluding NO2 is 1. The molecule has 0 spiro atoms. The van der Waals surface area contributed by atoms with Crippen molar-refractivity contribution in [2.75, 3.05) is 38.0 Å². The van der Waals surface area contributed by atoms with Gasteiger partial charge < -0.3 is 10.2 Å². The summed E-state index contributed by atoms with van der Waals surface area (Å²) in [5, 5.41) is 5.51. The van der Waals surface area contributed by atoms with Crippen molar-refractivity contribution in [3.05, 3.63) is 70.1 Å². The van der Waals surface area contributed by atoms with Crippen LogP contribution in [0.2, 0.25) is 0 Å². The van der Waals surface area contributed by atoms with Crippen LogP contribution in [0.1, 0.15) is 42.4 Å². The summed E-state index contributed by atoms with van der Waals surface area (Å²) in [5.41, 5.74) is -0.774. The van der Waals surface area contributed by atoms with Crippen molar-refractivity contribution in [2.24, 2.45) is 5.18 Å². The molecule has 0 aromatic heterocycles. The quantitative estimate of drug-likeness (QED) is 0.306. The van der Waals surface area contributed by atoms with Gasteiger partial charge in [0, 0.05) is 50.9 Å². The van der Waals surface area contributed by atoms with Gasteiger partial charge in [-0.25, -0.2) is 0 Å². The molecule has 0 atom stereocenters. The van der Waals surface area contributed by atoms with Crippen molar-refractivity contribution in [3.63, 3.8) is 0 Å². The summed E-state index contributed by atoms with van der Waals surface area (Å²) in [6.07, 6.45) is -5.16. The van der Waals surface area contributed by atoms with E-state index < -0.39 is 29.2 Å². The van der Waals surface area contributed by atoms with Gasteiger partial charge in [0.1, 0.15) is 5.69 Å². The van der Waals surface area contributed by atoms with Gasteiger partial charge >= 0.3 is 12.4 Å². The Hall–Kier alpha value is -3.41. The Morgan fingerprint density at radius 1 is 0.974 bits per heavy atom. The molecule has 2 aromatic rings. The van der Waals surface area contributed by atoms with E-state index in [0.717, 1.165) is 29.8 Å². The Balaban J connectivity index is 1.23. The van der Waals surface area contributed by atoms with Gasteiger partial charge in [-0.3, -0.25) is 9.69 Å². The third-order valence-corrected chi connectivity index (χ3v) is 7.11. The highest BCUT2D eigenvalue weighted by molar-refractivity contribution is 5.76. The maximum atomic E-state index is 13.2. The summed E-state index contributed by atoms with van der Waals surface area (Å²) < 4.78 is 78.6. The van der Waals surface area contributed by atoms with Crippen LogP contribution in [0.25, 0.3) is 5.57 Å². The molecule has 1 N–H and O–H groups in total. The maximum absolute atomic E-state index is 13.2. The van der Waals surface area contributed by atoms with E-state index in [9.17, 15) is 36.0 Å². The molecule has 2 aliphatic rings. The molecule has 39 heavy (non-hydrogen) atoms. The Kier molecular flexibility index (Phi) is 8.63. The van der Waals surface area contributed by atoms with Crippen LogP contribution in [0.15, 0.2) is 53.7 Å². The molecular formula is C27H28F6N4O2. The first-order valence-corrected chi connectivity index (χ1v) is 12.6. The van der Waals surface area contributed by atoms with Crippen molar-refractivity contribution in [2.45, 2.75) is 44.1 Å². The SMILES string of the molecule is O=Nc1ccc(NC2CCN(C(=O)CCN3CC=C(c4cccc(C(F)(F)F)c4)CC3)CC2)cc1C(F)(F)F. The van der Waals surface area contributed by atoms with Crippen LogP contribution in [-0.2, 0) is 17.1 Å². The zero-order valence-corrected chi connectivity index (χ0v) is 21.0. The zero-order chi connectivity index (χ0) is 28.2. The van der Waals surface area contributed by atoms with Crippen LogP contribution in [0.3, 0.4) is 0 Å². The first-order valence-electron chi connectivity index (χ1n) is 12.6. The second-order valence-corrected chi connectivity index (χ2v) is 9.73. The van der Waals surface area contributed by atoms with E-state index in [0.29, 0.717) is 64.0 Å². The van der Waals surface area contributed by atoms with Crippen LogP contribution >= 0.6 is 0 Å². The molecule has 2 aliphatic heterocycles. The van der Waals surface area contributed by atoms with Gasteiger partial charge in [0.05, 0.1) is 11.1 Å². The minimum Gasteiger partial charge on any atom is -0.382 e. The summed E-state index contributed by atoms with van der Waals surface area (Å²) in [6.45, 7) is 2.65. The number of amides is 1. The number of carbonyl (C=O) groups is 1. The smallest absolute Gasteiger partial charge is 0.382 e. The monoisotopic (exact) mass is 554 g/mol. The molecule has 0 bridgehead atoms. The Bertz CT molecular complexity index is 1220. The van der Waals surface area contributed by atoms with Crippen molar-refractivity contribution < 1.29 is 31.1 Å². The molecule has 0 saturated carbocycles.